The number of hydrogen-bond donors (Lipinski definition) is 7. The zero-order chi connectivity index (χ0) is 60.8. The van der Waals surface area contributed by atoms with Gasteiger partial charge in [-0.3, -0.25) is 38.9 Å². The van der Waals surface area contributed by atoms with E-state index in [1.165, 1.54) is 76.5 Å². The van der Waals surface area contributed by atoms with Crippen molar-refractivity contribution in [2.45, 2.75) is 83.6 Å². The summed E-state index contributed by atoms with van der Waals surface area (Å²) in [6.07, 6.45) is -1.34. The van der Waals surface area contributed by atoms with Gasteiger partial charge in [-0.1, -0.05) is 82.6 Å². The number of fused-ring (bicyclic) bond motifs is 4. The molecule has 0 aromatic heterocycles. The molecule has 0 saturated carbocycles. The van der Waals surface area contributed by atoms with E-state index >= 15 is 0 Å². The fourth-order valence-electron chi connectivity index (χ4n) is 8.13. The summed E-state index contributed by atoms with van der Waals surface area (Å²) in [7, 11) is 3.10. The molecule has 2 aliphatic heterocycles. The molecular formula is C58H67N7O18. The molecule has 0 aliphatic carbocycles. The van der Waals surface area contributed by atoms with Crippen LogP contribution in [0.1, 0.15) is 65.0 Å². The Hall–Kier alpha value is -9.78. The van der Waals surface area contributed by atoms with Crippen LogP contribution in [-0.4, -0.2) is 142 Å². The van der Waals surface area contributed by atoms with Gasteiger partial charge in [0.15, 0.2) is 0 Å². The number of ketones is 1. The zero-order valence-corrected chi connectivity index (χ0v) is 46.5. The topological polar surface area (TPSA) is 341 Å². The summed E-state index contributed by atoms with van der Waals surface area (Å²) in [5.74, 6) is -3.36. The number of phenolic OH excluding ortho intramolecular Hbond substituents is 3. The van der Waals surface area contributed by atoms with Crippen LogP contribution in [0.3, 0.4) is 0 Å². The Labute approximate surface area is 477 Å². The van der Waals surface area contributed by atoms with Crippen LogP contribution in [0.5, 0.6) is 40.2 Å². The molecule has 5 aromatic rings. The molecule has 83 heavy (non-hydrogen) atoms. The van der Waals surface area contributed by atoms with Crippen molar-refractivity contribution in [3.05, 3.63) is 143 Å². The van der Waals surface area contributed by atoms with Gasteiger partial charge in [0.05, 0.1) is 36.8 Å². The van der Waals surface area contributed by atoms with Gasteiger partial charge in [-0.05, 0) is 65.9 Å². The Balaban J connectivity index is 0.000000364. The van der Waals surface area contributed by atoms with Gasteiger partial charge in [0, 0.05) is 63.8 Å². The molecule has 5 atom stereocenters. The minimum Gasteiger partial charge on any atom is -0.508 e. The standard InChI is InChI=1S/C39H52N6O10.C13H9NO6.C6H6O2/c1-7-13-28(32(47)35(49)40-22-30(46)42-31(36(50)44(5)6)24-14-9-8-10-15-24)41-34(48)29-21-27-23-45(29)37(51)33(39(2,3)4)43-38(52)55-26-17-11-16-25(20-26)53-18-12-19-54-27;15-10-2-1-3-12(8-10)20-13(16)19-11-6-4-9(5-7-11)14(17)18;7-5-2-1-3-6(8)4-5/h8-11,14-17,20,27-29,31,33H,7,12-13,18-19,21-23H2,1-6H3,(H,40,49)(H,41,48)(H,42,46)(H,43,52);1-8,15H;1-4,7-8H/t27-,28?,29+,31+,33-;;/m1../s1. The first-order valence-corrected chi connectivity index (χ1v) is 26.1. The molecule has 442 valence electrons. The maximum Gasteiger partial charge on any atom is 0.519 e. The van der Waals surface area contributed by atoms with Crippen molar-refractivity contribution >= 4 is 53.3 Å². The molecule has 1 unspecified atom stereocenters. The number of nitrogens with zero attached hydrogens (tertiary/aromatic N) is 3. The number of ether oxygens (including phenoxy) is 5. The molecule has 1 saturated heterocycles. The fourth-order valence-corrected chi connectivity index (χ4v) is 8.13. The van der Waals surface area contributed by atoms with Gasteiger partial charge in [-0.25, -0.2) is 9.59 Å². The Bertz CT molecular complexity index is 3050. The zero-order valence-electron chi connectivity index (χ0n) is 46.5. The number of aromatic hydroxyl groups is 3. The van der Waals surface area contributed by atoms with Crippen LogP contribution in [-0.2, 0) is 33.5 Å². The van der Waals surface area contributed by atoms with E-state index in [1.54, 1.807) is 102 Å². The smallest absolute Gasteiger partial charge is 0.508 e. The van der Waals surface area contributed by atoms with Crippen LogP contribution in [0, 0.1) is 15.5 Å². The molecule has 5 aromatic carbocycles. The number of amides is 6. The number of benzene rings is 5. The molecule has 25 nitrogen and oxygen atoms in total. The van der Waals surface area contributed by atoms with E-state index < -0.39 is 94.7 Å². The summed E-state index contributed by atoms with van der Waals surface area (Å²) in [5.41, 5.74) is -0.398. The summed E-state index contributed by atoms with van der Waals surface area (Å²) in [5, 5.41) is 47.2. The summed E-state index contributed by atoms with van der Waals surface area (Å²) >= 11 is 0. The van der Waals surface area contributed by atoms with Crippen LogP contribution in [0.2, 0.25) is 0 Å². The molecule has 0 radical (unpaired) electrons. The lowest BCUT2D eigenvalue weighted by molar-refractivity contribution is -0.384. The Kier molecular flexibility index (Phi) is 23.7. The lowest BCUT2D eigenvalue weighted by atomic mass is 9.85. The van der Waals surface area contributed by atoms with Crippen molar-refractivity contribution in [3.8, 4) is 40.2 Å². The number of nitro groups is 1. The second-order valence-electron chi connectivity index (χ2n) is 20.0. The average Bonchev–Trinajstić information content (AvgIpc) is 3.82. The SMILES string of the molecule is CCCC(NC(=O)[C@@H]1C[C@@H]2CN1C(=O)[C@H](C(C)(C)C)NC(=O)Oc1cccc(c1)OCCCO2)C(=O)C(=O)NCC(=O)N[C@H](C(=O)N(C)C)c1ccccc1.O=C(Oc1ccc([N+](=O)[O-])cc1)Oc1cccc(O)c1.Oc1cccc(O)c1. The van der Waals surface area contributed by atoms with Crippen LogP contribution in [0.15, 0.2) is 127 Å². The molecule has 0 spiro atoms. The lowest BCUT2D eigenvalue weighted by Crippen LogP contribution is -2.59. The highest BCUT2D eigenvalue weighted by molar-refractivity contribution is 6.38. The van der Waals surface area contributed by atoms with Gasteiger partial charge in [0.2, 0.25) is 29.4 Å². The van der Waals surface area contributed by atoms with Crippen molar-refractivity contribution in [2.24, 2.45) is 5.41 Å². The summed E-state index contributed by atoms with van der Waals surface area (Å²) in [6, 6.07) is 27.1. The summed E-state index contributed by atoms with van der Waals surface area (Å²) in [4.78, 5) is 117. The van der Waals surface area contributed by atoms with Gasteiger partial charge >= 0.3 is 12.2 Å². The van der Waals surface area contributed by atoms with Crippen molar-refractivity contribution in [3.63, 3.8) is 0 Å². The van der Waals surface area contributed by atoms with Crippen molar-refractivity contribution in [1.29, 1.82) is 0 Å². The molecular weight excluding hydrogens is 1080 g/mol. The van der Waals surface area contributed by atoms with Crippen molar-refractivity contribution in [1.82, 2.24) is 31.1 Å². The van der Waals surface area contributed by atoms with E-state index in [0.29, 0.717) is 30.8 Å². The first-order chi connectivity index (χ1) is 39.4. The number of carbonyl (C=O) groups excluding carboxylic acids is 8. The van der Waals surface area contributed by atoms with Gasteiger partial charge in [0.25, 0.3) is 11.6 Å². The second kappa shape index (κ2) is 30.7. The Morgan fingerprint density at radius 2 is 1.42 bits per heavy atom. The molecule has 1 fully saturated rings. The first-order valence-electron chi connectivity index (χ1n) is 26.1. The summed E-state index contributed by atoms with van der Waals surface area (Å²) in [6.45, 7) is 7.06. The number of nitro benzene ring substituents is 1. The van der Waals surface area contributed by atoms with Crippen LogP contribution < -0.4 is 40.2 Å². The van der Waals surface area contributed by atoms with Crippen molar-refractivity contribution in [2.75, 3.05) is 40.4 Å². The van der Waals surface area contributed by atoms with E-state index in [0.717, 1.165) is 0 Å². The van der Waals surface area contributed by atoms with Crippen LogP contribution in [0.4, 0.5) is 15.3 Å². The maximum absolute atomic E-state index is 14.2. The lowest BCUT2D eigenvalue weighted by Gasteiger charge is -2.35. The third-order valence-electron chi connectivity index (χ3n) is 12.2. The first kappa shape index (κ1) is 64.0. The molecule has 25 heteroatoms. The molecule has 7 rings (SSSR count). The molecule has 2 aliphatic rings. The van der Waals surface area contributed by atoms with Crippen molar-refractivity contribution < 1.29 is 82.3 Å². The monoisotopic (exact) mass is 1150 g/mol. The average molecular weight is 1150 g/mol. The van der Waals surface area contributed by atoms with E-state index in [1.807, 2.05) is 0 Å². The second-order valence-corrected chi connectivity index (χ2v) is 20.0. The number of non-ortho nitro benzene ring substituents is 1. The predicted octanol–water partition coefficient (Wildman–Crippen LogP) is 5.85. The highest BCUT2D eigenvalue weighted by Gasteiger charge is 2.46. The van der Waals surface area contributed by atoms with Crippen LogP contribution >= 0.6 is 0 Å². The predicted molar refractivity (Wildman–Crippen MR) is 297 cm³/mol. The normalized spacial score (nSPS) is 16.6. The quantitative estimate of drug-likeness (QED) is 0.0225. The largest absolute Gasteiger partial charge is 0.519 e. The molecule has 7 N–H and O–H groups in total. The van der Waals surface area contributed by atoms with E-state index in [9.17, 15) is 53.6 Å². The van der Waals surface area contributed by atoms with Gasteiger partial charge < -0.3 is 70.1 Å². The number of hydrogen-bond acceptors (Lipinski definition) is 18. The minimum absolute atomic E-state index is 0.0302. The third kappa shape index (κ3) is 20.4. The van der Waals surface area contributed by atoms with E-state index in [4.69, 9.17) is 33.9 Å². The highest BCUT2D eigenvalue weighted by Crippen LogP contribution is 2.29. The number of rotatable bonds is 14. The number of phenols is 3. The maximum atomic E-state index is 14.2. The highest BCUT2D eigenvalue weighted by atomic mass is 16.7. The third-order valence-corrected chi connectivity index (χ3v) is 12.2. The molecule has 6 amide bonds. The van der Waals surface area contributed by atoms with Gasteiger partial charge in [0.1, 0.15) is 58.4 Å². The van der Waals surface area contributed by atoms with E-state index in [2.05, 4.69) is 21.3 Å². The summed E-state index contributed by atoms with van der Waals surface area (Å²) < 4.78 is 27.0. The van der Waals surface area contributed by atoms with Gasteiger partial charge in [-0.2, -0.15) is 0 Å². The van der Waals surface area contributed by atoms with Crippen LogP contribution in [0.25, 0.3) is 0 Å². The Morgan fingerprint density at radius 1 is 0.795 bits per heavy atom. The number of carbonyl (C=O) groups is 8. The minimum atomic E-state index is -1.27. The van der Waals surface area contributed by atoms with E-state index in [-0.39, 0.29) is 66.2 Å². The number of Topliss-reactive ketones (excluding diaryl/α,β-unsaturated/α-hetero) is 1. The Morgan fingerprint density at radius 3 is 2.02 bits per heavy atom. The van der Waals surface area contributed by atoms with Gasteiger partial charge in [-0.15, -0.1) is 0 Å². The fraction of sp³-hybridized carbons (Fsp3) is 0.345. The molecule has 2 heterocycles. The molecule has 4 bridgehead atoms. The number of nitrogens with one attached hydrogen (secondary N) is 4. The number of likely N-dealkylation sites (N-methyl/N-ethyl adjacent to an activating group) is 1.